The highest BCUT2D eigenvalue weighted by atomic mass is 15.3. The standard InChI is InChI=1S/C8H15N5/c1-6(2)13-5-7(4-12-13)3-11-8(9)10/h4-6H,3H2,1-2H3,(H4,9,10,11). The summed E-state index contributed by atoms with van der Waals surface area (Å²) in [4.78, 5) is 3.89. The second-order valence-electron chi connectivity index (χ2n) is 3.16. The van der Waals surface area contributed by atoms with E-state index < -0.39 is 0 Å². The van der Waals surface area contributed by atoms with Crippen LogP contribution in [0.4, 0.5) is 0 Å². The van der Waals surface area contributed by atoms with Gasteiger partial charge in [0.15, 0.2) is 5.96 Å². The summed E-state index contributed by atoms with van der Waals surface area (Å²) in [6.45, 7) is 4.63. The number of aliphatic imine (C=N–C) groups is 1. The Labute approximate surface area is 77.4 Å². The van der Waals surface area contributed by atoms with Crippen molar-refractivity contribution in [3.63, 3.8) is 0 Å². The molecule has 0 fully saturated rings. The van der Waals surface area contributed by atoms with Crippen molar-refractivity contribution in [2.45, 2.75) is 26.4 Å². The molecule has 1 aromatic rings. The molecule has 0 saturated heterocycles. The smallest absolute Gasteiger partial charge is 0.186 e. The molecule has 0 radical (unpaired) electrons. The van der Waals surface area contributed by atoms with Crippen LogP contribution in [-0.4, -0.2) is 15.7 Å². The lowest BCUT2D eigenvalue weighted by molar-refractivity contribution is 0.532. The summed E-state index contributed by atoms with van der Waals surface area (Å²) in [5.41, 5.74) is 11.4. The van der Waals surface area contributed by atoms with E-state index in [0.717, 1.165) is 5.56 Å². The third-order valence-electron chi connectivity index (χ3n) is 1.63. The van der Waals surface area contributed by atoms with Gasteiger partial charge in [-0.15, -0.1) is 0 Å². The van der Waals surface area contributed by atoms with Gasteiger partial charge >= 0.3 is 0 Å². The van der Waals surface area contributed by atoms with E-state index in [-0.39, 0.29) is 5.96 Å². The summed E-state index contributed by atoms with van der Waals surface area (Å²) < 4.78 is 1.87. The van der Waals surface area contributed by atoms with E-state index in [4.69, 9.17) is 11.5 Å². The average molecular weight is 181 g/mol. The number of guanidine groups is 1. The van der Waals surface area contributed by atoms with Crippen molar-refractivity contribution in [1.29, 1.82) is 0 Å². The zero-order valence-corrected chi connectivity index (χ0v) is 7.94. The molecule has 72 valence electrons. The fourth-order valence-corrected chi connectivity index (χ4v) is 0.924. The highest BCUT2D eigenvalue weighted by molar-refractivity contribution is 5.75. The minimum absolute atomic E-state index is 0.109. The first-order valence-electron chi connectivity index (χ1n) is 4.18. The van der Waals surface area contributed by atoms with Crippen molar-refractivity contribution >= 4 is 5.96 Å². The van der Waals surface area contributed by atoms with Gasteiger partial charge in [0.2, 0.25) is 0 Å². The summed E-state index contributed by atoms with van der Waals surface area (Å²) in [7, 11) is 0. The Kier molecular flexibility index (Phi) is 2.89. The normalized spacial score (nSPS) is 10.4. The third-order valence-corrected chi connectivity index (χ3v) is 1.63. The molecular formula is C8H15N5. The fraction of sp³-hybridized carbons (Fsp3) is 0.500. The summed E-state index contributed by atoms with van der Waals surface area (Å²) >= 11 is 0. The lowest BCUT2D eigenvalue weighted by atomic mass is 10.3. The van der Waals surface area contributed by atoms with Crippen molar-refractivity contribution in [2.75, 3.05) is 0 Å². The Bertz CT molecular complexity index is 295. The number of rotatable bonds is 3. The maximum Gasteiger partial charge on any atom is 0.186 e. The molecule has 0 atom stereocenters. The fourth-order valence-electron chi connectivity index (χ4n) is 0.924. The molecule has 0 aliphatic rings. The van der Waals surface area contributed by atoms with Crippen LogP contribution in [0.2, 0.25) is 0 Å². The molecule has 0 amide bonds. The highest BCUT2D eigenvalue weighted by Gasteiger charge is 2.00. The van der Waals surface area contributed by atoms with E-state index in [2.05, 4.69) is 23.9 Å². The van der Waals surface area contributed by atoms with Crippen molar-refractivity contribution in [3.8, 4) is 0 Å². The van der Waals surface area contributed by atoms with Crippen LogP contribution in [0.15, 0.2) is 17.4 Å². The zero-order chi connectivity index (χ0) is 9.84. The molecule has 5 nitrogen and oxygen atoms in total. The van der Waals surface area contributed by atoms with Gasteiger partial charge in [0, 0.05) is 17.8 Å². The van der Waals surface area contributed by atoms with Gasteiger partial charge in [-0.1, -0.05) is 0 Å². The summed E-state index contributed by atoms with van der Waals surface area (Å²) in [6.07, 6.45) is 3.71. The van der Waals surface area contributed by atoms with E-state index in [9.17, 15) is 0 Å². The summed E-state index contributed by atoms with van der Waals surface area (Å²) in [5.74, 6) is 0.109. The Morgan fingerprint density at radius 1 is 1.62 bits per heavy atom. The minimum Gasteiger partial charge on any atom is -0.370 e. The Balaban J connectivity index is 2.64. The van der Waals surface area contributed by atoms with Gasteiger partial charge in [0.1, 0.15) is 0 Å². The molecule has 0 aliphatic carbocycles. The first-order valence-corrected chi connectivity index (χ1v) is 4.18. The van der Waals surface area contributed by atoms with E-state index in [0.29, 0.717) is 12.6 Å². The second-order valence-corrected chi connectivity index (χ2v) is 3.16. The van der Waals surface area contributed by atoms with Crippen molar-refractivity contribution in [3.05, 3.63) is 18.0 Å². The van der Waals surface area contributed by atoms with Gasteiger partial charge in [-0.25, -0.2) is 4.99 Å². The van der Waals surface area contributed by atoms with E-state index >= 15 is 0 Å². The van der Waals surface area contributed by atoms with E-state index in [1.807, 2.05) is 10.9 Å². The van der Waals surface area contributed by atoms with Crippen molar-refractivity contribution in [1.82, 2.24) is 9.78 Å². The quantitative estimate of drug-likeness (QED) is 0.517. The molecule has 0 aromatic carbocycles. The number of hydrogen-bond acceptors (Lipinski definition) is 2. The topological polar surface area (TPSA) is 82.2 Å². The van der Waals surface area contributed by atoms with Crippen LogP contribution in [0, 0.1) is 0 Å². The van der Waals surface area contributed by atoms with Crippen LogP contribution < -0.4 is 11.5 Å². The van der Waals surface area contributed by atoms with Crippen molar-refractivity contribution in [2.24, 2.45) is 16.5 Å². The molecule has 4 N–H and O–H groups in total. The average Bonchev–Trinajstić information content (AvgIpc) is 2.48. The van der Waals surface area contributed by atoms with Gasteiger partial charge in [-0.3, -0.25) is 4.68 Å². The van der Waals surface area contributed by atoms with E-state index in [1.54, 1.807) is 6.20 Å². The van der Waals surface area contributed by atoms with E-state index in [1.165, 1.54) is 0 Å². The molecular weight excluding hydrogens is 166 g/mol. The van der Waals surface area contributed by atoms with Crippen LogP contribution in [0.3, 0.4) is 0 Å². The van der Waals surface area contributed by atoms with Gasteiger partial charge in [-0.05, 0) is 13.8 Å². The highest BCUT2D eigenvalue weighted by Crippen LogP contribution is 2.05. The van der Waals surface area contributed by atoms with Gasteiger partial charge in [0.25, 0.3) is 0 Å². The van der Waals surface area contributed by atoms with Crippen LogP contribution in [0.1, 0.15) is 25.5 Å². The summed E-state index contributed by atoms with van der Waals surface area (Å²) in [6, 6.07) is 0.368. The lowest BCUT2D eigenvalue weighted by Crippen LogP contribution is -2.22. The molecule has 1 heterocycles. The molecule has 1 aromatic heterocycles. The molecule has 0 bridgehead atoms. The molecule has 0 spiro atoms. The first-order chi connectivity index (χ1) is 6.09. The Hall–Kier alpha value is -1.52. The molecule has 0 saturated carbocycles. The van der Waals surface area contributed by atoms with Gasteiger partial charge in [0.05, 0.1) is 12.7 Å². The summed E-state index contributed by atoms with van der Waals surface area (Å²) in [5, 5.41) is 4.16. The molecule has 0 aliphatic heterocycles. The van der Waals surface area contributed by atoms with Crippen LogP contribution in [0.5, 0.6) is 0 Å². The van der Waals surface area contributed by atoms with Gasteiger partial charge < -0.3 is 11.5 Å². The molecule has 1 rings (SSSR count). The molecule has 5 heteroatoms. The number of aromatic nitrogens is 2. The third kappa shape index (κ3) is 2.77. The number of hydrogen-bond donors (Lipinski definition) is 2. The monoisotopic (exact) mass is 181 g/mol. The predicted octanol–water partition coefficient (Wildman–Crippen LogP) is 0.237. The van der Waals surface area contributed by atoms with Crippen LogP contribution in [0.25, 0.3) is 0 Å². The lowest BCUT2D eigenvalue weighted by Gasteiger charge is -2.02. The predicted molar refractivity (Wildman–Crippen MR) is 52.1 cm³/mol. The maximum atomic E-state index is 5.21. The van der Waals surface area contributed by atoms with Gasteiger partial charge in [-0.2, -0.15) is 5.10 Å². The SMILES string of the molecule is CC(C)n1cc(CN=C(N)N)cn1. The Morgan fingerprint density at radius 3 is 2.77 bits per heavy atom. The first kappa shape index (κ1) is 9.57. The number of nitrogens with two attached hydrogens (primary N) is 2. The maximum absolute atomic E-state index is 5.21. The second kappa shape index (κ2) is 3.93. The Morgan fingerprint density at radius 2 is 2.31 bits per heavy atom. The van der Waals surface area contributed by atoms with Crippen LogP contribution in [-0.2, 0) is 6.54 Å². The molecule has 13 heavy (non-hydrogen) atoms. The van der Waals surface area contributed by atoms with Crippen molar-refractivity contribution < 1.29 is 0 Å². The molecule has 0 unspecified atom stereocenters. The minimum atomic E-state index is 0.109. The number of nitrogens with zero attached hydrogens (tertiary/aromatic N) is 3. The zero-order valence-electron chi connectivity index (χ0n) is 7.94. The largest absolute Gasteiger partial charge is 0.370 e. The van der Waals surface area contributed by atoms with Crippen LogP contribution >= 0.6 is 0 Å².